The Morgan fingerprint density at radius 3 is 2.89 bits per heavy atom. The lowest BCUT2D eigenvalue weighted by atomic mass is 10.2. The van der Waals surface area contributed by atoms with Crippen LogP contribution < -0.4 is 10.6 Å². The van der Waals surface area contributed by atoms with Crippen LogP contribution in [0.4, 0.5) is 0 Å². The Morgan fingerprint density at radius 2 is 2.16 bits per heavy atom. The number of hydrogen-bond donors (Lipinski definition) is 2. The van der Waals surface area contributed by atoms with Crippen molar-refractivity contribution < 1.29 is 9.53 Å². The van der Waals surface area contributed by atoms with Crippen molar-refractivity contribution in [3.05, 3.63) is 72.3 Å². The van der Waals surface area contributed by atoms with Gasteiger partial charge in [0.2, 0.25) is 0 Å². The van der Waals surface area contributed by atoms with Gasteiger partial charge in [0.15, 0.2) is 6.61 Å². The Labute approximate surface area is 112 Å². The maximum atomic E-state index is 11.1. The molecule has 0 unspecified atom stereocenters. The van der Waals surface area contributed by atoms with Crippen molar-refractivity contribution in [3.8, 4) is 0 Å². The summed E-state index contributed by atoms with van der Waals surface area (Å²) in [6.07, 6.45) is 5.14. The number of amides is 1. The molecule has 0 atom stereocenters. The Morgan fingerprint density at radius 1 is 1.37 bits per heavy atom. The van der Waals surface area contributed by atoms with Gasteiger partial charge in [0.05, 0.1) is 5.70 Å². The lowest BCUT2D eigenvalue weighted by Gasteiger charge is -2.17. The standard InChI is InChI=1S/C15H16N2O2/c1-2-13-14(19-11-15(18)17-13)8-9-16-10-12-6-4-3-5-7-12/h2-9,16H,1,10-11H2,(H,17,18)/b9-8-. The van der Waals surface area contributed by atoms with E-state index in [0.717, 1.165) is 6.54 Å². The predicted octanol–water partition coefficient (Wildman–Crippen LogP) is 1.83. The van der Waals surface area contributed by atoms with E-state index in [9.17, 15) is 4.79 Å². The van der Waals surface area contributed by atoms with Crippen LogP contribution in [0.15, 0.2) is 66.7 Å². The van der Waals surface area contributed by atoms with Crippen LogP contribution in [0, 0.1) is 0 Å². The first kappa shape index (κ1) is 13.0. The zero-order valence-corrected chi connectivity index (χ0v) is 10.6. The molecule has 2 N–H and O–H groups in total. The van der Waals surface area contributed by atoms with Crippen LogP contribution in [-0.2, 0) is 16.1 Å². The summed E-state index contributed by atoms with van der Waals surface area (Å²) in [5.74, 6) is 0.444. The van der Waals surface area contributed by atoms with E-state index in [0.29, 0.717) is 11.5 Å². The molecule has 19 heavy (non-hydrogen) atoms. The van der Waals surface area contributed by atoms with Gasteiger partial charge < -0.3 is 15.4 Å². The van der Waals surface area contributed by atoms with E-state index in [1.54, 1.807) is 18.4 Å². The number of carbonyl (C=O) groups excluding carboxylic acids is 1. The van der Waals surface area contributed by atoms with Gasteiger partial charge in [-0.05, 0) is 17.7 Å². The third-order valence-electron chi connectivity index (χ3n) is 2.60. The molecule has 1 heterocycles. The lowest BCUT2D eigenvalue weighted by Crippen LogP contribution is -2.31. The molecule has 0 spiro atoms. The summed E-state index contributed by atoms with van der Waals surface area (Å²) in [7, 11) is 0. The number of rotatable bonds is 5. The van der Waals surface area contributed by atoms with Gasteiger partial charge >= 0.3 is 0 Å². The Kier molecular flexibility index (Phi) is 4.39. The van der Waals surface area contributed by atoms with Crippen LogP contribution >= 0.6 is 0 Å². The minimum atomic E-state index is -0.163. The molecule has 1 aromatic carbocycles. The molecule has 1 aliphatic heterocycles. The van der Waals surface area contributed by atoms with Gasteiger partial charge in [-0.25, -0.2) is 0 Å². The average Bonchev–Trinajstić information content (AvgIpc) is 2.46. The fourth-order valence-electron chi connectivity index (χ4n) is 1.67. The first-order chi connectivity index (χ1) is 9.29. The van der Waals surface area contributed by atoms with E-state index in [-0.39, 0.29) is 12.5 Å². The molecule has 0 aliphatic carbocycles. The van der Waals surface area contributed by atoms with E-state index in [1.165, 1.54) is 5.56 Å². The summed E-state index contributed by atoms with van der Waals surface area (Å²) in [5, 5.41) is 5.86. The van der Waals surface area contributed by atoms with E-state index in [4.69, 9.17) is 4.74 Å². The largest absolute Gasteiger partial charge is 0.482 e. The van der Waals surface area contributed by atoms with Crippen molar-refractivity contribution in [1.29, 1.82) is 0 Å². The van der Waals surface area contributed by atoms with Gasteiger partial charge in [-0.2, -0.15) is 0 Å². The van der Waals surface area contributed by atoms with Crippen molar-refractivity contribution in [2.45, 2.75) is 6.54 Å². The topological polar surface area (TPSA) is 50.4 Å². The molecule has 0 aromatic heterocycles. The minimum Gasteiger partial charge on any atom is -0.482 e. The molecule has 98 valence electrons. The summed E-state index contributed by atoms with van der Waals surface area (Å²) >= 11 is 0. The lowest BCUT2D eigenvalue weighted by molar-refractivity contribution is -0.124. The van der Waals surface area contributed by atoms with Crippen molar-refractivity contribution in [1.82, 2.24) is 10.6 Å². The third kappa shape index (κ3) is 3.74. The van der Waals surface area contributed by atoms with Crippen LogP contribution in [0.5, 0.6) is 0 Å². The molecule has 0 radical (unpaired) electrons. The van der Waals surface area contributed by atoms with Gasteiger partial charge in [0.25, 0.3) is 5.91 Å². The molecule has 1 aliphatic rings. The number of allylic oxidation sites excluding steroid dienone is 2. The average molecular weight is 256 g/mol. The molecular weight excluding hydrogens is 240 g/mol. The van der Waals surface area contributed by atoms with Gasteiger partial charge in [-0.1, -0.05) is 36.9 Å². The summed E-state index contributed by atoms with van der Waals surface area (Å²) < 4.78 is 5.32. The van der Waals surface area contributed by atoms with Crippen molar-refractivity contribution in [2.24, 2.45) is 0 Å². The summed E-state index contributed by atoms with van der Waals surface area (Å²) in [4.78, 5) is 11.1. The van der Waals surface area contributed by atoms with Crippen LogP contribution in [0.2, 0.25) is 0 Å². The van der Waals surface area contributed by atoms with Crippen molar-refractivity contribution >= 4 is 5.91 Å². The van der Waals surface area contributed by atoms with Crippen LogP contribution in [0.3, 0.4) is 0 Å². The van der Waals surface area contributed by atoms with Crippen LogP contribution in [0.1, 0.15) is 5.56 Å². The molecule has 2 rings (SSSR count). The quantitative estimate of drug-likeness (QED) is 0.845. The Balaban J connectivity index is 1.91. The second-order valence-corrected chi connectivity index (χ2v) is 4.02. The molecule has 0 bridgehead atoms. The summed E-state index contributed by atoms with van der Waals surface area (Å²) in [6.45, 7) is 4.41. The van der Waals surface area contributed by atoms with Gasteiger partial charge in [-0.3, -0.25) is 4.79 Å². The highest BCUT2D eigenvalue weighted by Crippen LogP contribution is 2.10. The maximum absolute atomic E-state index is 11.1. The fourth-order valence-corrected chi connectivity index (χ4v) is 1.67. The Bertz CT molecular complexity index is 518. The smallest absolute Gasteiger partial charge is 0.262 e. The number of hydrogen-bond acceptors (Lipinski definition) is 3. The van der Waals surface area contributed by atoms with E-state index < -0.39 is 0 Å². The van der Waals surface area contributed by atoms with Gasteiger partial charge in [0, 0.05) is 12.7 Å². The normalized spacial score (nSPS) is 15.1. The second-order valence-electron chi connectivity index (χ2n) is 4.02. The van der Waals surface area contributed by atoms with Crippen LogP contribution in [0.25, 0.3) is 0 Å². The highest BCUT2D eigenvalue weighted by molar-refractivity contribution is 5.81. The highest BCUT2D eigenvalue weighted by Gasteiger charge is 2.14. The first-order valence-electron chi connectivity index (χ1n) is 6.03. The number of benzene rings is 1. The summed E-state index contributed by atoms with van der Waals surface area (Å²) in [5.41, 5.74) is 1.79. The fraction of sp³-hybridized carbons (Fsp3) is 0.133. The molecule has 0 saturated carbocycles. The second kappa shape index (κ2) is 6.44. The Hall–Kier alpha value is -2.49. The van der Waals surface area contributed by atoms with E-state index in [2.05, 4.69) is 17.2 Å². The zero-order valence-electron chi connectivity index (χ0n) is 10.6. The minimum absolute atomic E-state index is 0.0374. The zero-order chi connectivity index (χ0) is 13.5. The first-order valence-corrected chi connectivity index (χ1v) is 6.03. The molecule has 0 fully saturated rings. The van der Waals surface area contributed by atoms with Gasteiger partial charge in [0.1, 0.15) is 5.76 Å². The SMILES string of the molecule is C=CC1=C(/C=C\NCc2ccccc2)OCC(=O)N1. The number of ether oxygens (including phenoxy) is 1. The highest BCUT2D eigenvalue weighted by atomic mass is 16.5. The molecule has 1 aromatic rings. The number of carbonyl (C=O) groups is 1. The van der Waals surface area contributed by atoms with E-state index >= 15 is 0 Å². The van der Waals surface area contributed by atoms with Crippen molar-refractivity contribution in [2.75, 3.05) is 6.61 Å². The van der Waals surface area contributed by atoms with E-state index in [1.807, 2.05) is 30.3 Å². The maximum Gasteiger partial charge on any atom is 0.262 e. The molecule has 4 heteroatoms. The molecular formula is C15H16N2O2. The summed E-state index contributed by atoms with van der Waals surface area (Å²) in [6, 6.07) is 10.1. The molecule has 1 amide bonds. The monoisotopic (exact) mass is 256 g/mol. The molecule has 4 nitrogen and oxygen atoms in total. The van der Waals surface area contributed by atoms with Crippen LogP contribution in [-0.4, -0.2) is 12.5 Å². The van der Waals surface area contributed by atoms with Gasteiger partial charge in [-0.15, -0.1) is 0 Å². The third-order valence-corrected chi connectivity index (χ3v) is 2.60. The predicted molar refractivity (Wildman–Crippen MR) is 73.7 cm³/mol. The number of nitrogens with one attached hydrogen (secondary N) is 2. The molecule has 0 saturated heterocycles. The van der Waals surface area contributed by atoms with Crippen molar-refractivity contribution in [3.63, 3.8) is 0 Å².